The molecule has 1 amide bonds. The zero-order valence-electron chi connectivity index (χ0n) is 22.0. The summed E-state index contributed by atoms with van der Waals surface area (Å²) in [5.41, 5.74) is -1.33. The average molecular weight is 480 g/mol. The molecule has 0 fully saturated rings. The van der Waals surface area contributed by atoms with Crippen molar-refractivity contribution in [2.45, 2.75) is 104 Å². The standard InChI is InChI=1S/C26H41NO7/c1-24(2,3)32-21(29)18(16-17-10-13-19(28)14-11-17)12-15-20(22(30)33-25(4,5)6)27-23(31)34-26(7,8)9/h10-11,13-14,18,20,28H,12,15-16H2,1-9H3,(H,27,31)/t18?,20-/m1/s1. The topological polar surface area (TPSA) is 111 Å². The first-order valence-electron chi connectivity index (χ1n) is 11.6. The van der Waals surface area contributed by atoms with Gasteiger partial charge in [0.1, 0.15) is 28.6 Å². The normalized spacial score (nSPS) is 14.0. The van der Waals surface area contributed by atoms with Crippen LogP contribution in [0.1, 0.15) is 80.7 Å². The first-order chi connectivity index (χ1) is 15.3. The molecule has 0 saturated heterocycles. The van der Waals surface area contributed by atoms with Crippen LogP contribution in [0.4, 0.5) is 4.79 Å². The molecule has 34 heavy (non-hydrogen) atoms. The van der Waals surface area contributed by atoms with E-state index in [0.717, 1.165) is 5.56 Å². The quantitative estimate of drug-likeness (QED) is 0.403. The molecule has 1 unspecified atom stereocenters. The number of aromatic hydroxyl groups is 1. The number of esters is 2. The van der Waals surface area contributed by atoms with Gasteiger partial charge in [-0.15, -0.1) is 0 Å². The van der Waals surface area contributed by atoms with E-state index in [1.807, 2.05) is 0 Å². The molecule has 0 aliphatic rings. The van der Waals surface area contributed by atoms with Crippen LogP contribution in [-0.2, 0) is 30.2 Å². The molecule has 2 N–H and O–H groups in total. The summed E-state index contributed by atoms with van der Waals surface area (Å²) in [5, 5.41) is 12.1. The Labute approximate surface area is 203 Å². The summed E-state index contributed by atoms with van der Waals surface area (Å²) < 4.78 is 16.4. The van der Waals surface area contributed by atoms with Crippen LogP contribution in [0.5, 0.6) is 5.75 Å². The van der Waals surface area contributed by atoms with E-state index in [9.17, 15) is 19.5 Å². The monoisotopic (exact) mass is 479 g/mol. The third-order valence-corrected chi connectivity index (χ3v) is 4.34. The van der Waals surface area contributed by atoms with Crippen molar-refractivity contribution in [2.24, 2.45) is 5.92 Å². The van der Waals surface area contributed by atoms with Crippen molar-refractivity contribution in [1.82, 2.24) is 5.32 Å². The Morgan fingerprint density at radius 2 is 1.24 bits per heavy atom. The minimum Gasteiger partial charge on any atom is -0.508 e. The summed E-state index contributed by atoms with van der Waals surface area (Å²) in [6.07, 6.45) is 0.0182. The van der Waals surface area contributed by atoms with E-state index in [1.54, 1.807) is 86.6 Å². The molecule has 1 aromatic carbocycles. The van der Waals surface area contributed by atoms with Crippen molar-refractivity contribution in [3.8, 4) is 5.75 Å². The van der Waals surface area contributed by atoms with Crippen LogP contribution in [0.2, 0.25) is 0 Å². The second kappa shape index (κ2) is 11.6. The predicted molar refractivity (Wildman–Crippen MR) is 129 cm³/mol. The van der Waals surface area contributed by atoms with Gasteiger partial charge < -0.3 is 24.6 Å². The maximum atomic E-state index is 13.0. The van der Waals surface area contributed by atoms with Crippen LogP contribution >= 0.6 is 0 Å². The molecule has 0 spiro atoms. The summed E-state index contributed by atoms with van der Waals surface area (Å²) in [4.78, 5) is 38.2. The van der Waals surface area contributed by atoms with Crippen molar-refractivity contribution in [3.63, 3.8) is 0 Å². The van der Waals surface area contributed by atoms with Crippen LogP contribution in [0.15, 0.2) is 24.3 Å². The van der Waals surface area contributed by atoms with Crippen LogP contribution in [-0.4, -0.2) is 46.0 Å². The van der Waals surface area contributed by atoms with Gasteiger partial charge in [-0.25, -0.2) is 9.59 Å². The van der Waals surface area contributed by atoms with Crippen LogP contribution in [0, 0.1) is 5.92 Å². The van der Waals surface area contributed by atoms with Crippen LogP contribution < -0.4 is 5.32 Å². The molecule has 1 aromatic rings. The highest BCUT2D eigenvalue weighted by atomic mass is 16.6. The molecule has 0 heterocycles. The number of carbonyl (C=O) groups excluding carboxylic acids is 3. The molecular weight excluding hydrogens is 438 g/mol. The lowest BCUT2D eigenvalue weighted by Crippen LogP contribution is -2.46. The van der Waals surface area contributed by atoms with E-state index in [-0.39, 0.29) is 18.6 Å². The van der Waals surface area contributed by atoms with Gasteiger partial charge in [-0.2, -0.15) is 0 Å². The zero-order chi connectivity index (χ0) is 26.3. The van der Waals surface area contributed by atoms with Gasteiger partial charge in [0.05, 0.1) is 5.92 Å². The fraction of sp³-hybridized carbons (Fsp3) is 0.654. The smallest absolute Gasteiger partial charge is 0.408 e. The maximum absolute atomic E-state index is 13.0. The van der Waals surface area contributed by atoms with E-state index >= 15 is 0 Å². The number of rotatable bonds is 8. The van der Waals surface area contributed by atoms with Gasteiger partial charge in [0, 0.05) is 0 Å². The summed E-state index contributed by atoms with van der Waals surface area (Å²) >= 11 is 0. The van der Waals surface area contributed by atoms with Gasteiger partial charge in [-0.1, -0.05) is 12.1 Å². The molecular formula is C26H41NO7. The lowest BCUT2D eigenvalue weighted by atomic mass is 9.92. The first-order valence-corrected chi connectivity index (χ1v) is 11.6. The molecule has 0 aromatic heterocycles. The van der Waals surface area contributed by atoms with Gasteiger partial charge in [-0.3, -0.25) is 4.79 Å². The maximum Gasteiger partial charge on any atom is 0.408 e. The zero-order valence-corrected chi connectivity index (χ0v) is 22.0. The van der Waals surface area contributed by atoms with Crippen LogP contribution in [0.25, 0.3) is 0 Å². The van der Waals surface area contributed by atoms with Gasteiger partial charge in [0.15, 0.2) is 0 Å². The van der Waals surface area contributed by atoms with Crippen LogP contribution in [0.3, 0.4) is 0 Å². The number of ether oxygens (including phenoxy) is 3. The van der Waals surface area contributed by atoms with E-state index in [2.05, 4.69) is 5.32 Å². The van der Waals surface area contributed by atoms with E-state index in [4.69, 9.17) is 14.2 Å². The summed E-state index contributed by atoms with van der Waals surface area (Å²) in [5.74, 6) is -1.45. The Kier molecular flexibility index (Phi) is 9.97. The lowest BCUT2D eigenvalue weighted by Gasteiger charge is -2.28. The van der Waals surface area contributed by atoms with E-state index in [1.165, 1.54) is 0 Å². The molecule has 8 heteroatoms. The number of hydrogen-bond donors (Lipinski definition) is 2. The molecule has 0 saturated carbocycles. The minimum atomic E-state index is -1.00. The van der Waals surface area contributed by atoms with Gasteiger partial charge in [0.2, 0.25) is 0 Å². The number of alkyl carbamates (subject to hydrolysis) is 1. The second-order valence-electron chi connectivity index (χ2n) is 11.4. The van der Waals surface area contributed by atoms with Crippen molar-refractivity contribution < 1.29 is 33.7 Å². The Morgan fingerprint density at radius 3 is 1.71 bits per heavy atom. The van der Waals surface area contributed by atoms with Gasteiger partial charge >= 0.3 is 18.0 Å². The fourth-order valence-electron chi connectivity index (χ4n) is 3.04. The fourth-order valence-corrected chi connectivity index (χ4v) is 3.04. The average Bonchev–Trinajstić information content (AvgIpc) is 2.61. The number of phenols is 1. The predicted octanol–water partition coefficient (Wildman–Crippen LogP) is 4.91. The molecule has 1 rings (SSSR count). The number of phenolic OH excluding ortho intramolecular Hbond substituents is 1. The van der Waals surface area contributed by atoms with E-state index in [0.29, 0.717) is 6.42 Å². The van der Waals surface area contributed by atoms with Gasteiger partial charge in [0.25, 0.3) is 0 Å². The molecule has 0 aliphatic carbocycles. The molecule has 0 aliphatic heterocycles. The van der Waals surface area contributed by atoms with Crippen molar-refractivity contribution >= 4 is 18.0 Å². The van der Waals surface area contributed by atoms with Crippen molar-refractivity contribution in [1.29, 1.82) is 0 Å². The Morgan fingerprint density at radius 1 is 0.765 bits per heavy atom. The minimum absolute atomic E-state index is 0.129. The largest absolute Gasteiger partial charge is 0.508 e. The summed E-state index contributed by atoms with van der Waals surface area (Å²) in [6, 6.07) is 5.57. The molecule has 192 valence electrons. The lowest BCUT2D eigenvalue weighted by molar-refractivity contribution is -0.162. The Balaban J connectivity index is 3.07. The second-order valence-corrected chi connectivity index (χ2v) is 11.4. The Hall–Kier alpha value is -2.77. The number of hydrogen-bond acceptors (Lipinski definition) is 7. The molecule has 0 radical (unpaired) electrons. The van der Waals surface area contributed by atoms with Crippen molar-refractivity contribution in [3.05, 3.63) is 29.8 Å². The molecule has 2 atom stereocenters. The molecule has 8 nitrogen and oxygen atoms in total. The third kappa shape index (κ3) is 12.5. The third-order valence-electron chi connectivity index (χ3n) is 4.34. The highest BCUT2D eigenvalue weighted by Gasteiger charge is 2.32. The molecule has 0 bridgehead atoms. The Bertz CT molecular complexity index is 827. The first kappa shape index (κ1) is 29.3. The summed E-state index contributed by atoms with van der Waals surface area (Å²) in [7, 11) is 0. The highest BCUT2D eigenvalue weighted by molar-refractivity contribution is 5.82. The van der Waals surface area contributed by atoms with Gasteiger partial charge in [-0.05, 0) is 99.3 Å². The SMILES string of the molecule is CC(C)(C)OC(=O)N[C@H](CCC(Cc1ccc(O)cc1)C(=O)OC(C)(C)C)C(=O)OC(C)(C)C. The van der Waals surface area contributed by atoms with Crippen molar-refractivity contribution in [2.75, 3.05) is 0 Å². The number of carbonyl (C=O) groups is 3. The van der Waals surface area contributed by atoms with E-state index < -0.39 is 46.8 Å². The number of amides is 1. The number of benzene rings is 1. The highest BCUT2D eigenvalue weighted by Crippen LogP contribution is 2.23. The summed E-state index contributed by atoms with van der Waals surface area (Å²) in [6.45, 7) is 15.8. The number of nitrogens with one attached hydrogen (secondary N) is 1.